The number of hydrogen-bond donors (Lipinski definition) is 1. The lowest BCUT2D eigenvalue weighted by molar-refractivity contribution is -0.144. The minimum absolute atomic E-state index is 0.244. The van der Waals surface area contributed by atoms with Crippen LogP contribution in [0.25, 0.3) is 0 Å². The quantitative estimate of drug-likeness (QED) is 0.743. The molecule has 2 heterocycles. The van der Waals surface area contributed by atoms with Crippen molar-refractivity contribution in [2.24, 2.45) is 5.41 Å². The number of nitrogens with one attached hydrogen (secondary N) is 1. The Hall–Kier alpha value is -0.300. The van der Waals surface area contributed by atoms with Gasteiger partial charge in [-0.15, -0.1) is 0 Å². The highest BCUT2D eigenvalue weighted by Crippen LogP contribution is 2.41. The molecule has 0 saturated carbocycles. The monoisotopic (exact) mass is 272 g/mol. The summed E-state index contributed by atoms with van der Waals surface area (Å²) in [6.07, 6.45) is 2.44. The molecule has 1 spiro atoms. The normalized spacial score (nSPS) is 23.4. The molecule has 104 valence electrons. The summed E-state index contributed by atoms with van der Waals surface area (Å²) < 4.78 is 4.56. The van der Waals surface area contributed by atoms with Crippen LogP contribution in [-0.2, 0) is 4.79 Å². The Bertz CT molecular complexity index is 294. The molecule has 2 saturated heterocycles. The van der Waals surface area contributed by atoms with Gasteiger partial charge in [0.1, 0.15) is 0 Å². The van der Waals surface area contributed by atoms with Gasteiger partial charge in [0, 0.05) is 43.7 Å². The van der Waals surface area contributed by atoms with Crippen molar-refractivity contribution in [2.75, 3.05) is 53.9 Å². The van der Waals surface area contributed by atoms with E-state index in [-0.39, 0.29) is 5.91 Å². The van der Waals surface area contributed by atoms with Gasteiger partial charge in [0.25, 0.3) is 0 Å². The number of rotatable bonds is 4. The van der Waals surface area contributed by atoms with Crippen molar-refractivity contribution in [2.45, 2.75) is 12.8 Å². The van der Waals surface area contributed by atoms with E-state index in [1.807, 2.05) is 11.9 Å². The van der Waals surface area contributed by atoms with Crippen LogP contribution >= 0.6 is 12.1 Å². The summed E-state index contributed by atoms with van der Waals surface area (Å²) in [7, 11) is 5.98. The van der Waals surface area contributed by atoms with E-state index in [0.29, 0.717) is 12.0 Å². The van der Waals surface area contributed by atoms with Gasteiger partial charge >= 0.3 is 0 Å². The molecule has 0 aromatic carbocycles. The van der Waals surface area contributed by atoms with Gasteiger partial charge in [-0.05, 0) is 34.0 Å². The molecule has 0 atom stereocenters. The SMILES string of the molecule is CNCC(=O)N1CC2(CCN(SN(C)C)CC2)C1. The van der Waals surface area contributed by atoms with Gasteiger partial charge in [0.2, 0.25) is 5.91 Å². The van der Waals surface area contributed by atoms with Crippen LogP contribution in [-0.4, -0.2) is 73.3 Å². The van der Waals surface area contributed by atoms with Crippen molar-refractivity contribution in [1.82, 2.24) is 18.8 Å². The molecule has 2 rings (SSSR count). The summed E-state index contributed by atoms with van der Waals surface area (Å²) in [6, 6.07) is 0. The molecular formula is C12H24N4OS. The number of carbonyl (C=O) groups is 1. The van der Waals surface area contributed by atoms with Crippen molar-refractivity contribution in [3.63, 3.8) is 0 Å². The number of carbonyl (C=O) groups excluding carboxylic acids is 1. The lowest BCUT2D eigenvalue weighted by Gasteiger charge is -2.53. The van der Waals surface area contributed by atoms with Crippen molar-refractivity contribution >= 4 is 18.0 Å². The third kappa shape index (κ3) is 3.17. The van der Waals surface area contributed by atoms with E-state index in [9.17, 15) is 4.79 Å². The summed E-state index contributed by atoms with van der Waals surface area (Å²) in [6.45, 7) is 4.68. The summed E-state index contributed by atoms with van der Waals surface area (Å²) in [5.41, 5.74) is 0.423. The van der Waals surface area contributed by atoms with E-state index >= 15 is 0 Å². The second kappa shape index (κ2) is 5.77. The van der Waals surface area contributed by atoms with Gasteiger partial charge in [-0.25, -0.2) is 8.61 Å². The number of likely N-dealkylation sites (tertiary alicyclic amines) is 1. The first-order chi connectivity index (χ1) is 8.54. The zero-order valence-electron chi connectivity index (χ0n) is 11.6. The van der Waals surface area contributed by atoms with Gasteiger partial charge < -0.3 is 10.2 Å². The molecular weight excluding hydrogens is 248 g/mol. The molecule has 5 nitrogen and oxygen atoms in total. The Labute approximate surface area is 114 Å². The molecule has 0 aromatic rings. The summed E-state index contributed by atoms with van der Waals surface area (Å²) in [4.78, 5) is 13.7. The lowest BCUT2D eigenvalue weighted by Crippen LogP contribution is -2.62. The molecule has 0 bridgehead atoms. The van der Waals surface area contributed by atoms with Crippen LogP contribution < -0.4 is 5.32 Å². The number of nitrogens with zero attached hydrogens (tertiary/aromatic N) is 3. The highest BCUT2D eigenvalue weighted by Gasteiger charge is 2.46. The van der Waals surface area contributed by atoms with Gasteiger partial charge in [-0.1, -0.05) is 0 Å². The fourth-order valence-corrected chi connectivity index (χ4v) is 3.60. The molecule has 2 aliphatic rings. The summed E-state index contributed by atoms with van der Waals surface area (Å²) in [5, 5.41) is 2.93. The fraction of sp³-hybridized carbons (Fsp3) is 0.917. The highest BCUT2D eigenvalue weighted by molar-refractivity contribution is 7.94. The average molecular weight is 272 g/mol. The van der Waals surface area contributed by atoms with Gasteiger partial charge in [-0.3, -0.25) is 4.79 Å². The minimum Gasteiger partial charge on any atom is -0.340 e. The lowest BCUT2D eigenvalue weighted by atomic mass is 9.72. The van der Waals surface area contributed by atoms with Crippen LogP contribution in [0.1, 0.15) is 12.8 Å². The Kier molecular flexibility index (Phi) is 4.53. The first-order valence-electron chi connectivity index (χ1n) is 6.57. The standard InChI is InChI=1S/C12H24N4OS/c1-13-8-11(17)15-9-12(10-15)4-6-16(7-5-12)18-14(2)3/h13H,4-10H2,1-3H3. The van der Waals surface area contributed by atoms with Crippen LogP contribution in [0.2, 0.25) is 0 Å². The van der Waals surface area contributed by atoms with E-state index in [1.54, 1.807) is 12.1 Å². The number of amides is 1. The van der Waals surface area contributed by atoms with Crippen molar-refractivity contribution in [3.05, 3.63) is 0 Å². The zero-order chi connectivity index (χ0) is 13.2. The Morgan fingerprint density at radius 1 is 1.33 bits per heavy atom. The van der Waals surface area contributed by atoms with E-state index in [0.717, 1.165) is 26.2 Å². The Morgan fingerprint density at radius 2 is 1.94 bits per heavy atom. The van der Waals surface area contributed by atoms with E-state index < -0.39 is 0 Å². The maximum absolute atomic E-state index is 11.7. The molecule has 0 radical (unpaired) electrons. The molecule has 0 aromatic heterocycles. The van der Waals surface area contributed by atoms with E-state index in [2.05, 4.69) is 28.0 Å². The van der Waals surface area contributed by atoms with E-state index in [4.69, 9.17) is 0 Å². The maximum Gasteiger partial charge on any atom is 0.236 e. The smallest absolute Gasteiger partial charge is 0.236 e. The number of likely N-dealkylation sites (N-methyl/N-ethyl adjacent to an activating group) is 1. The molecule has 0 unspecified atom stereocenters. The van der Waals surface area contributed by atoms with Crippen LogP contribution in [0.3, 0.4) is 0 Å². The molecule has 0 aliphatic carbocycles. The molecule has 18 heavy (non-hydrogen) atoms. The average Bonchev–Trinajstić information content (AvgIpc) is 2.27. The highest BCUT2D eigenvalue weighted by atomic mass is 32.2. The predicted molar refractivity (Wildman–Crippen MR) is 75.0 cm³/mol. The third-order valence-electron chi connectivity index (χ3n) is 3.80. The predicted octanol–water partition coefficient (Wildman–Crippen LogP) is 0.255. The second-order valence-electron chi connectivity index (χ2n) is 5.60. The molecule has 1 N–H and O–H groups in total. The Morgan fingerprint density at radius 3 is 2.44 bits per heavy atom. The van der Waals surface area contributed by atoms with Crippen LogP contribution in [0.4, 0.5) is 0 Å². The van der Waals surface area contributed by atoms with Crippen LogP contribution in [0.15, 0.2) is 0 Å². The Balaban J connectivity index is 1.73. The first-order valence-corrected chi connectivity index (χ1v) is 7.30. The molecule has 1 amide bonds. The second-order valence-corrected chi connectivity index (χ2v) is 7.01. The third-order valence-corrected chi connectivity index (χ3v) is 4.72. The van der Waals surface area contributed by atoms with Crippen LogP contribution in [0, 0.1) is 5.41 Å². The van der Waals surface area contributed by atoms with E-state index in [1.165, 1.54) is 12.8 Å². The number of hydrogen-bond acceptors (Lipinski definition) is 5. The van der Waals surface area contributed by atoms with Crippen molar-refractivity contribution in [3.8, 4) is 0 Å². The van der Waals surface area contributed by atoms with Gasteiger partial charge in [-0.2, -0.15) is 0 Å². The summed E-state index contributed by atoms with van der Waals surface area (Å²) >= 11 is 1.80. The fourth-order valence-electron chi connectivity index (χ4n) is 2.79. The number of piperidine rings is 1. The van der Waals surface area contributed by atoms with Crippen molar-refractivity contribution in [1.29, 1.82) is 0 Å². The molecule has 2 fully saturated rings. The van der Waals surface area contributed by atoms with Crippen molar-refractivity contribution < 1.29 is 4.79 Å². The minimum atomic E-state index is 0.244. The zero-order valence-corrected chi connectivity index (χ0v) is 12.4. The molecule has 6 heteroatoms. The maximum atomic E-state index is 11.7. The summed E-state index contributed by atoms with van der Waals surface area (Å²) in [5.74, 6) is 0.244. The van der Waals surface area contributed by atoms with Gasteiger partial charge in [0.15, 0.2) is 0 Å². The first kappa shape index (κ1) is 14.1. The molecule has 2 aliphatic heterocycles. The largest absolute Gasteiger partial charge is 0.340 e. The van der Waals surface area contributed by atoms with Gasteiger partial charge in [0.05, 0.1) is 6.54 Å². The topological polar surface area (TPSA) is 38.8 Å². The van der Waals surface area contributed by atoms with Crippen LogP contribution in [0.5, 0.6) is 0 Å².